The van der Waals surface area contributed by atoms with Gasteiger partial charge >= 0.3 is 0 Å². The van der Waals surface area contributed by atoms with Crippen LogP contribution in [0.1, 0.15) is 22.3 Å². The number of anilines is 1. The molecule has 188 valence electrons. The van der Waals surface area contributed by atoms with Crippen LogP contribution in [0.4, 0.5) is 5.82 Å². The summed E-state index contributed by atoms with van der Waals surface area (Å²) in [5.74, 6) is 0.584. The SMILES string of the molecule is COCCN(CC(=O)N1CCCN(c2ccc(-c3ccc(C)cc3)nn2)CC1)C(=O)c1ccccc1. The third-order valence-electron chi connectivity index (χ3n) is 6.37. The van der Waals surface area contributed by atoms with Gasteiger partial charge in [0.25, 0.3) is 5.91 Å². The maximum Gasteiger partial charge on any atom is 0.254 e. The van der Waals surface area contributed by atoms with Crippen molar-refractivity contribution in [3.8, 4) is 11.3 Å². The smallest absolute Gasteiger partial charge is 0.254 e. The molecule has 0 atom stereocenters. The Morgan fingerprint density at radius 3 is 2.39 bits per heavy atom. The zero-order chi connectivity index (χ0) is 25.3. The molecule has 2 heterocycles. The second kappa shape index (κ2) is 12.3. The molecule has 2 amide bonds. The second-order valence-corrected chi connectivity index (χ2v) is 8.95. The van der Waals surface area contributed by atoms with Crippen LogP contribution in [-0.4, -0.2) is 84.8 Å². The van der Waals surface area contributed by atoms with Gasteiger partial charge in [-0.3, -0.25) is 9.59 Å². The first kappa shape index (κ1) is 25.3. The monoisotopic (exact) mass is 487 g/mol. The van der Waals surface area contributed by atoms with E-state index in [1.807, 2.05) is 47.4 Å². The lowest BCUT2D eigenvalue weighted by Crippen LogP contribution is -2.45. The summed E-state index contributed by atoms with van der Waals surface area (Å²) in [5.41, 5.74) is 3.65. The number of hydrogen-bond donors (Lipinski definition) is 0. The summed E-state index contributed by atoms with van der Waals surface area (Å²) in [6.45, 7) is 5.48. The molecule has 8 nitrogen and oxygen atoms in total. The van der Waals surface area contributed by atoms with Crippen molar-refractivity contribution in [2.24, 2.45) is 0 Å². The van der Waals surface area contributed by atoms with Gasteiger partial charge in [-0.1, -0.05) is 48.0 Å². The lowest BCUT2D eigenvalue weighted by Gasteiger charge is -2.27. The summed E-state index contributed by atoms with van der Waals surface area (Å²) in [4.78, 5) is 31.7. The number of carbonyl (C=O) groups excluding carboxylic acids is 2. The molecule has 1 fully saturated rings. The molecule has 3 aromatic rings. The van der Waals surface area contributed by atoms with E-state index in [0.717, 1.165) is 30.0 Å². The van der Waals surface area contributed by atoms with Gasteiger partial charge in [-0.05, 0) is 37.6 Å². The number of aryl methyl sites for hydroxylation is 1. The number of rotatable bonds is 8. The molecule has 4 rings (SSSR count). The van der Waals surface area contributed by atoms with Crippen molar-refractivity contribution in [3.05, 3.63) is 77.9 Å². The van der Waals surface area contributed by atoms with Crippen LogP contribution in [0, 0.1) is 6.92 Å². The van der Waals surface area contributed by atoms with Gasteiger partial charge in [-0.15, -0.1) is 10.2 Å². The van der Waals surface area contributed by atoms with Crippen molar-refractivity contribution in [1.29, 1.82) is 0 Å². The topological polar surface area (TPSA) is 78.9 Å². The van der Waals surface area contributed by atoms with Crippen LogP contribution in [0.15, 0.2) is 66.7 Å². The third-order valence-corrected chi connectivity index (χ3v) is 6.37. The highest BCUT2D eigenvalue weighted by Crippen LogP contribution is 2.20. The van der Waals surface area contributed by atoms with Crippen molar-refractivity contribution in [2.45, 2.75) is 13.3 Å². The molecule has 0 unspecified atom stereocenters. The second-order valence-electron chi connectivity index (χ2n) is 8.95. The van der Waals surface area contributed by atoms with Gasteiger partial charge in [0.05, 0.1) is 12.3 Å². The van der Waals surface area contributed by atoms with Gasteiger partial charge < -0.3 is 19.4 Å². The minimum Gasteiger partial charge on any atom is -0.383 e. The van der Waals surface area contributed by atoms with Crippen LogP contribution in [0.25, 0.3) is 11.3 Å². The van der Waals surface area contributed by atoms with Crippen LogP contribution < -0.4 is 4.90 Å². The van der Waals surface area contributed by atoms with E-state index >= 15 is 0 Å². The minimum absolute atomic E-state index is 0.0299. The number of carbonyl (C=O) groups is 2. The van der Waals surface area contributed by atoms with Gasteiger partial charge in [0, 0.05) is 51.0 Å². The van der Waals surface area contributed by atoms with Crippen LogP contribution in [0.5, 0.6) is 0 Å². The largest absolute Gasteiger partial charge is 0.383 e. The van der Waals surface area contributed by atoms with Crippen LogP contribution in [0.3, 0.4) is 0 Å². The lowest BCUT2D eigenvalue weighted by molar-refractivity contribution is -0.131. The molecule has 0 N–H and O–H groups in total. The predicted molar refractivity (Wildman–Crippen MR) is 140 cm³/mol. The van der Waals surface area contributed by atoms with Crippen molar-refractivity contribution >= 4 is 17.6 Å². The van der Waals surface area contributed by atoms with E-state index in [2.05, 4.69) is 34.2 Å². The van der Waals surface area contributed by atoms with Crippen LogP contribution in [-0.2, 0) is 9.53 Å². The molecule has 1 aromatic heterocycles. The molecule has 0 spiro atoms. The summed E-state index contributed by atoms with van der Waals surface area (Å²) in [6, 6.07) is 21.2. The Hall–Kier alpha value is -3.78. The van der Waals surface area contributed by atoms with E-state index < -0.39 is 0 Å². The highest BCUT2D eigenvalue weighted by molar-refractivity contribution is 5.96. The average Bonchev–Trinajstić information content (AvgIpc) is 3.18. The van der Waals surface area contributed by atoms with Crippen molar-refractivity contribution in [3.63, 3.8) is 0 Å². The summed E-state index contributed by atoms with van der Waals surface area (Å²) in [6.07, 6.45) is 0.817. The minimum atomic E-state index is -0.165. The van der Waals surface area contributed by atoms with E-state index in [9.17, 15) is 9.59 Å². The number of aromatic nitrogens is 2. The fourth-order valence-corrected chi connectivity index (χ4v) is 4.25. The van der Waals surface area contributed by atoms with E-state index in [4.69, 9.17) is 4.74 Å². The molecule has 2 aromatic carbocycles. The molecule has 1 aliphatic heterocycles. The Labute approximate surface area is 212 Å². The number of benzene rings is 2. The molecule has 36 heavy (non-hydrogen) atoms. The van der Waals surface area contributed by atoms with Crippen LogP contribution in [0.2, 0.25) is 0 Å². The third kappa shape index (κ3) is 6.46. The van der Waals surface area contributed by atoms with Gasteiger partial charge in [0.15, 0.2) is 5.82 Å². The molecule has 0 saturated carbocycles. The molecule has 0 radical (unpaired) electrons. The Kier molecular flexibility index (Phi) is 8.62. The molecule has 8 heteroatoms. The number of methoxy groups -OCH3 is 1. The van der Waals surface area contributed by atoms with Crippen molar-refractivity contribution < 1.29 is 14.3 Å². The Bertz CT molecular complexity index is 1140. The zero-order valence-corrected chi connectivity index (χ0v) is 21.0. The first-order valence-corrected chi connectivity index (χ1v) is 12.3. The molecule has 1 aliphatic rings. The van der Waals surface area contributed by atoms with Gasteiger partial charge in [-0.2, -0.15) is 0 Å². The standard InChI is InChI=1S/C28H33N5O3/c1-22-9-11-23(12-10-22)25-13-14-26(30-29-25)31-15-6-16-32(18-17-31)27(34)21-33(19-20-36-2)28(35)24-7-4-3-5-8-24/h3-5,7-14H,6,15-21H2,1-2H3. The summed E-state index contributed by atoms with van der Waals surface area (Å²) in [5, 5.41) is 8.88. The first-order chi connectivity index (χ1) is 17.5. The molecular weight excluding hydrogens is 454 g/mol. The Balaban J connectivity index is 1.37. The normalized spacial score (nSPS) is 13.8. The fourth-order valence-electron chi connectivity index (χ4n) is 4.25. The van der Waals surface area contributed by atoms with Crippen molar-refractivity contribution in [2.75, 3.05) is 57.9 Å². The molecular formula is C28H33N5O3. The van der Waals surface area contributed by atoms with Gasteiger partial charge in [0.2, 0.25) is 5.91 Å². The van der Waals surface area contributed by atoms with Crippen molar-refractivity contribution in [1.82, 2.24) is 20.0 Å². The number of hydrogen-bond acceptors (Lipinski definition) is 6. The maximum absolute atomic E-state index is 13.2. The summed E-state index contributed by atoms with van der Waals surface area (Å²) >= 11 is 0. The van der Waals surface area contributed by atoms with Gasteiger partial charge in [0.1, 0.15) is 6.54 Å². The number of ether oxygens (including phenoxy) is 1. The zero-order valence-electron chi connectivity index (χ0n) is 21.0. The lowest BCUT2D eigenvalue weighted by atomic mass is 10.1. The Morgan fingerprint density at radius 2 is 1.69 bits per heavy atom. The molecule has 0 aliphatic carbocycles. The van der Waals surface area contributed by atoms with E-state index in [0.29, 0.717) is 38.3 Å². The molecule has 1 saturated heterocycles. The number of amides is 2. The average molecular weight is 488 g/mol. The van der Waals surface area contributed by atoms with E-state index in [1.165, 1.54) is 5.56 Å². The Morgan fingerprint density at radius 1 is 0.917 bits per heavy atom. The summed E-state index contributed by atoms with van der Waals surface area (Å²) < 4.78 is 5.17. The highest BCUT2D eigenvalue weighted by atomic mass is 16.5. The van der Waals surface area contributed by atoms with E-state index in [1.54, 1.807) is 24.1 Å². The predicted octanol–water partition coefficient (Wildman–Crippen LogP) is 3.28. The fraction of sp³-hybridized carbons (Fsp3) is 0.357. The van der Waals surface area contributed by atoms with E-state index in [-0.39, 0.29) is 18.4 Å². The number of nitrogens with zero attached hydrogens (tertiary/aromatic N) is 5. The van der Waals surface area contributed by atoms with Gasteiger partial charge in [-0.25, -0.2) is 0 Å². The van der Waals surface area contributed by atoms with Crippen LogP contribution >= 0.6 is 0 Å². The maximum atomic E-state index is 13.2. The highest BCUT2D eigenvalue weighted by Gasteiger charge is 2.24. The first-order valence-electron chi connectivity index (χ1n) is 12.3. The summed E-state index contributed by atoms with van der Waals surface area (Å²) in [7, 11) is 1.59. The molecule has 0 bridgehead atoms. The quantitative estimate of drug-likeness (QED) is 0.485.